The third-order valence-corrected chi connectivity index (χ3v) is 5.83. The van der Waals surface area contributed by atoms with Crippen LogP contribution >= 0.6 is 11.8 Å². The van der Waals surface area contributed by atoms with Crippen LogP contribution in [0.3, 0.4) is 0 Å². The summed E-state index contributed by atoms with van der Waals surface area (Å²) in [6.07, 6.45) is 0. The molecule has 156 valence electrons. The third kappa shape index (κ3) is 4.98. The summed E-state index contributed by atoms with van der Waals surface area (Å²) in [6.45, 7) is 2.55. The lowest BCUT2D eigenvalue weighted by Gasteiger charge is -2.12. The van der Waals surface area contributed by atoms with Crippen LogP contribution in [0.2, 0.25) is 0 Å². The number of rotatable bonds is 7. The molecule has 0 aliphatic carbocycles. The first-order chi connectivity index (χ1) is 15.1. The van der Waals surface area contributed by atoms with Gasteiger partial charge in [0.05, 0.1) is 11.3 Å². The smallest absolute Gasteiger partial charge is 0.252 e. The van der Waals surface area contributed by atoms with E-state index < -0.39 is 0 Å². The first-order valence-electron chi connectivity index (χ1n) is 10.0. The first-order valence-corrected chi connectivity index (χ1v) is 11.0. The Bertz CT molecular complexity index is 1250. The van der Waals surface area contributed by atoms with Gasteiger partial charge in [0.25, 0.3) is 5.56 Å². The van der Waals surface area contributed by atoms with E-state index in [1.807, 2.05) is 73.7 Å². The topological polar surface area (TPSA) is 60.3 Å². The minimum atomic E-state index is -0.134. The van der Waals surface area contributed by atoms with Crippen molar-refractivity contribution in [1.82, 2.24) is 4.57 Å². The number of hydrogen-bond donors (Lipinski definition) is 1. The molecule has 0 fully saturated rings. The molecule has 0 saturated heterocycles. The zero-order valence-electron chi connectivity index (χ0n) is 17.1. The summed E-state index contributed by atoms with van der Waals surface area (Å²) in [5.74, 6) is 1.53. The van der Waals surface area contributed by atoms with Gasteiger partial charge in [-0.1, -0.05) is 36.4 Å². The first kappa shape index (κ1) is 20.8. The van der Waals surface area contributed by atoms with E-state index in [-0.39, 0.29) is 17.2 Å². The fourth-order valence-electron chi connectivity index (χ4n) is 3.32. The van der Waals surface area contributed by atoms with Gasteiger partial charge < -0.3 is 14.6 Å². The highest BCUT2D eigenvalue weighted by Gasteiger charge is 2.10. The lowest BCUT2D eigenvalue weighted by molar-refractivity contribution is -0.113. The number of ether oxygens (including phenoxy) is 1. The van der Waals surface area contributed by atoms with Gasteiger partial charge in [0, 0.05) is 28.6 Å². The number of pyridine rings is 1. The molecular weight excluding hydrogens is 408 g/mol. The number of nitrogens with one attached hydrogen (secondary N) is 1. The van der Waals surface area contributed by atoms with Crippen LogP contribution in [0.25, 0.3) is 10.9 Å². The number of para-hydroxylation sites is 2. The molecule has 1 amide bonds. The molecule has 0 bridgehead atoms. The van der Waals surface area contributed by atoms with Gasteiger partial charge in [0.2, 0.25) is 5.91 Å². The van der Waals surface area contributed by atoms with E-state index in [0.29, 0.717) is 18.0 Å². The zero-order valence-corrected chi connectivity index (χ0v) is 17.9. The Kier molecular flexibility index (Phi) is 6.38. The minimum absolute atomic E-state index is 0.0573. The molecule has 0 saturated carbocycles. The molecule has 0 unspecified atom stereocenters. The molecule has 1 heterocycles. The number of amides is 1. The van der Waals surface area contributed by atoms with E-state index in [9.17, 15) is 9.59 Å². The van der Waals surface area contributed by atoms with Crippen molar-refractivity contribution in [1.29, 1.82) is 0 Å². The maximum atomic E-state index is 12.5. The highest BCUT2D eigenvalue weighted by molar-refractivity contribution is 8.00. The van der Waals surface area contributed by atoms with Crippen molar-refractivity contribution in [3.05, 3.63) is 95.3 Å². The van der Waals surface area contributed by atoms with Crippen molar-refractivity contribution >= 4 is 34.3 Å². The molecule has 1 aromatic heterocycles. The standard InChI is InChI=1S/C25H22N2O3S/c1-2-27-22-11-7-6-10-21(22)23(16-25(27)29)31-17-24(28)26-18-12-14-20(15-13-18)30-19-8-4-3-5-9-19/h3-16H,2,17H2,1H3,(H,26,28). The summed E-state index contributed by atoms with van der Waals surface area (Å²) in [7, 11) is 0. The zero-order chi connectivity index (χ0) is 21.6. The van der Waals surface area contributed by atoms with E-state index in [1.165, 1.54) is 11.8 Å². The average Bonchev–Trinajstić information content (AvgIpc) is 2.79. The van der Waals surface area contributed by atoms with Crippen LogP contribution in [-0.2, 0) is 11.3 Å². The molecule has 4 rings (SSSR count). The van der Waals surface area contributed by atoms with Gasteiger partial charge in [-0.25, -0.2) is 0 Å². The number of benzene rings is 3. The predicted molar refractivity (Wildman–Crippen MR) is 126 cm³/mol. The summed E-state index contributed by atoms with van der Waals surface area (Å²) in [5.41, 5.74) is 1.52. The summed E-state index contributed by atoms with van der Waals surface area (Å²) in [4.78, 5) is 25.7. The lowest BCUT2D eigenvalue weighted by Crippen LogP contribution is -2.19. The van der Waals surface area contributed by atoms with Crippen LogP contribution in [0.1, 0.15) is 6.92 Å². The number of carbonyl (C=O) groups excluding carboxylic acids is 1. The number of anilines is 1. The second-order valence-electron chi connectivity index (χ2n) is 6.88. The largest absolute Gasteiger partial charge is 0.457 e. The fraction of sp³-hybridized carbons (Fsp3) is 0.120. The van der Waals surface area contributed by atoms with Crippen molar-refractivity contribution < 1.29 is 9.53 Å². The summed E-state index contributed by atoms with van der Waals surface area (Å²) < 4.78 is 7.50. The van der Waals surface area contributed by atoms with Crippen molar-refractivity contribution in [3.63, 3.8) is 0 Å². The summed E-state index contributed by atoms with van der Waals surface area (Å²) in [6, 6.07) is 26.1. The maximum Gasteiger partial charge on any atom is 0.252 e. The Morgan fingerprint density at radius 2 is 1.61 bits per heavy atom. The highest BCUT2D eigenvalue weighted by atomic mass is 32.2. The normalized spacial score (nSPS) is 10.7. The van der Waals surface area contributed by atoms with Gasteiger partial charge >= 0.3 is 0 Å². The van der Waals surface area contributed by atoms with Crippen molar-refractivity contribution in [3.8, 4) is 11.5 Å². The molecule has 0 spiro atoms. The van der Waals surface area contributed by atoms with Crippen molar-refractivity contribution in [2.24, 2.45) is 0 Å². The number of carbonyl (C=O) groups is 1. The molecule has 31 heavy (non-hydrogen) atoms. The van der Waals surface area contributed by atoms with Crippen LogP contribution in [0.15, 0.2) is 94.6 Å². The highest BCUT2D eigenvalue weighted by Crippen LogP contribution is 2.27. The molecule has 0 atom stereocenters. The quantitative estimate of drug-likeness (QED) is 0.391. The van der Waals surface area contributed by atoms with Crippen molar-refractivity contribution in [2.45, 2.75) is 18.4 Å². The van der Waals surface area contributed by atoms with E-state index in [2.05, 4.69) is 5.32 Å². The molecule has 0 radical (unpaired) electrons. The number of aryl methyl sites for hydroxylation is 1. The molecule has 0 aliphatic heterocycles. The third-order valence-electron chi connectivity index (χ3n) is 4.77. The fourth-order valence-corrected chi connectivity index (χ4v) is 4.19. The van der Waals surface area contributed by atoms with Gasteiger partial charge in [0.1, 0.15) is 11.5 Å². The van der Waals surface area contributed by atoms with Crippen molar-refractivity contribution in [2.75, 3.05) is 11.1 Å². The van der Waals surface area contributed by atoms with Crippen LogP contribution in [0, 0.1) is 0 Å². The Hall–Kier alpha value is -3.51. The number of aromatic nitrogens is 1. The SMILES string of the molecule is CCn1c(=O)cc(SCC(=O)Nc2ccc(Oc3ccccc3)cc2)c2ccccc21. The van der Waals surface area contributed by atoms with E-state index in [1.54, 1.807) is 22.8 Å². The maximum absolute atomic E-state index is 12.5. The second-order valence-corrected chi connectivity index (χ2v) is 7.90. The van der Waals surface area contributed by atoms with Gasteiger partial charge in [-0.3, -0.25) is 9.59 Å². The predicted octanol–water partition coefficient (Wildman–Crippen LogP) is 5.54. The molecule has 1 N–H and O–H groups in total. The number of fused-ring (bicyclic) bond motifs is 1. The molecule has 4 aromatic rings. The number of hydrogen-bond acceptors (Lipinski definition) is 4. The van der Waals surface area contributed by atoms with E-state index >= 15 is 0 Å². The molecule has 5 nitrogen and oxygen atoms in total. The lowest BCUT2D eigenvalue weighted by atomic mass is 10.2. The molecule has 6 heteroatoms. The molecule has 3 aromatic carbocycles. The minimum Gasteiger partial charge on any atom is -0.457 e. The van der Waals surface area contributed by atoms with Crippen LogP contribution in [0.4, 0.5) is 5.69 Å². The Morgan fingerprint density at radius 3 is 2.35 bits per heavy atom. The monoisotopic (exact) mass is 430 g/mol. The Labute approximate surface area is 184 Å². The van der Waals surface area contributed by atoms with Gasteiger partial charge in [-0.2, -0.15) is 0 Å². The van der Waals surface area contributed by atoms with Gasteiger partial charge in [-0.15, -0.1) is 11.8 Å². The Morgan fingerprint density at radius 1 is 0.935 bits per heavy atom. The van der Waals surface area contributed by atoms with Crippen LogP contribution < -0.4 is 15.6 Å². The van der Waals surface area contributed by atoms with E-state index in [4.69, 9.17) is 4.74 Å². The average molecular weight is 431 g/mol. The molecular formula is C25H22N2O3S. The summed E-state index contributed by atoms with van der Waals surface area (Å²) in [5, 5.41) is 3.87. The number of thioether (sulfide) groups is 1. The van der Waals surface area contributed by atoms with Gasteiger partial charge in [-0.05, 0) is 49.4 Å². The Balaban J connectivity index is 1.40. The second kappa shape index (κ2) is 9.53. The van der Waals surface area contributed by atoms with Gasteiger partial charge in [0.15, 0.2) is 0 Å². The van der Waals surface area contributed by atoms with Crippen LogP contribution in [-0.4, -0.2) is 16.2 Å². The van der Waals surface area contributed by atoms with Crippen LogP contribution in [0.5, 0.6) is 11.5 Å². The number of nitrogens with zero attached hydrogens (tertiary/aromatic N) is 1. The van der Waals surface area contributed by atoms with E-state index in [0.717, 1.165) is 21.5 Å². The molecule has 0 aliphatic rings. The summed E-state index contributed by atoms with van der Waals surface area (Å²) >= 11 is 1.37.